The molecule has 0 aliphatic heterocycles. The Morgan fingerprint density at radius 2 is 1.71 bits per heavy atom. The minimum atomic E-state index is -0.928. The second-order valence-electron chi connectivity index (χ2n) is 2.64. The molecular formula is C11H17NO2. The lowest BCUT2D eigenvalue weighted by atomic mass is 10.4. The number of hydrogen-bond acceptors (Lipinski definition) is 2. The van der Waals surface area contributed by atoms with E-state index in [0.717, 1.165) is 19.2 Å². The standard InChI is InChI=1S/C11H17NO2/c1-3-12(4-2)10-8-6-5-7-9-11(13)14/h5-10H,3-4H2,1-2H3,(H,13,14)/b6-5-,9-7+,10-8+. The Hall–Kier alpha value is -1.51. The van der Waals surface area contributed by atoms with E-state index in [-0.39, 0.29) is 0 Å². The van der Waals surface area contributed by atoms with E-state index < -0.39 is 5.97 Å². The first kappa shape index (κ1) is 12.5. The molecule has 0 aromatic rings. The van der Waals surface area contributed by atoms with Crippen molar-refractivity contribution in [1.29, 1.82) is 0 Å². The summed E-state index contributed by atoms with van der Waals surface area (Å²) < 4.78 is 0. The Kier molecular flexibility index (Phi) is 7.23. The topological polar surface area (TPSA) is 40.5 Å². The summed E-state index contributed by atoms with van der Waals surface area (Å²) in [4.78, 5) is 12.2. The van der Waals surface area contributed by atoms with Gasteiger partial charge in [0.25, 0.3) is 0 Å². The molecular weight excluding hydrogens is 178 g/mol. The third-order valence-corrected chi connectivity index (χ3v) is 1.68. The van der Waals surface area contributed by atoms with Crippen molar-refractivity contribution in [1.82, 2.24) is 4.90 Å². The zero-order chi connectivity index (χ0) is 10.8. The fraction of sp³-hybridized carbons (Fsp3) is 0.364. The summed E-state index contributed by atoms with van der Waals surface area (Å²) >= 11 is 0. The second kappa shape index (κ2) is 8.10. The molecule has 0 unspecified atom stereocenters. The molecule has 0 atom stereocenters. The van der Waals surface area contributed by atoms with E-state index in [9.17, 15) is 4.79 Å². The summed E-state index contributed by atoms with van der Waals surface area (Å²) in [5.41, 5.74) is 0. The molecule has 0 amide bonds. The third kappa shape index (κ3) is 7.16. The van der Waals surface area contributed by atoms with Crippen molar-refractivity contribution in [2.75, 3.05) is 13.1 Å². The summed E-state index contributed by atoms with van der Waals surface area (Å²) in [5.74, 6) is -0.928. The largest absolute Gasteiger partial charge is 0.478 e. The summed E-state index contributed by atoms with van der Waals surface area (Å²) in [6.07, 6.45) is 9.95. The molecule has 0 rings (SSSR count). The Balaban J connectivity index is 3.85. The minimum Gasteiger partial charge on any atom is -0.478 e. The smallest absolute Gasteiger partial charge is 0.328 e. The fourth-order valence-electron chi connectivity index (χ4n) is 0.872. The van der Waals surface area contributed by atoms with Crippen molar-refractivity contribution in [2.45, 2.75) is 13.8 Å². The van der Waals surface area contributed by atoms with Gasteiger partial charge in [-0.1, -0.05) is 18.2 Å². The van der Waals surface area contributed by atoms with E-state index in [4.69, 9.17) is 5.11 Å². The van der Waals surface area contributed by atoms with E-state index in [1.165, 1.54) is 6.08 Å². The fourth-order valence-corrected chi connectivity index (χ4v) is 0.872. The lowest BCUT2D eigenvalue weighted by Crippen LogP contribution is -2.14. The zero-order valence-corrected chi connectivity index (χ0v) is 8.68. The van der Waals surface area contributed by atoms with E-state index in [2.05, 4.69) is 18.7 Å². The van der Waals surface area contributed by atoms with Crippen LogP contribution in [0.1, 0.15) is 13.8 Å². The van der Waals surface area contributed by atoms with Crippen molar-refractivity contribution in [3.05, 3.63) is 36.6 Å². The number of carbonyl (C=O) groups is 1. The number of rotatable bonds is 6. The lowest BCUT2D eigenvalue weighted by Gasteiger charge is -2.13. The van der Waals surface area contributed by atoms with E-state index >= 15 is 0 Å². The van der Waals surface area contributed by atoms with E-state index in [0.29, 0.717) is 0 Å². The molecule has 0 saturated carbocycles. The highest BCUT2D eigenvalue weighted by atomic mass is 16.4. The first-order valence-electron chi connectivity index (χ1n) is 4.69. The van der Waals surface area contributed by atoms with Gasteiger partial charge >= 0.3 is 5.97 Å². The summed E-state index contributed by atoms with van der Waals surface area (Å²) in [6.45, 7) is 6.13. The maximum atomic E-state index is 10.1. The first-order chi connectivity index (χ1) is 6.70. The minimum absolute atomic E-state index is 0.928. The van der Waals surface area contributed by atoms with Crippen molar-refractivity contribution >= 4 is 5.97 Å². The van der Waals surface area contributed by atoms with Gasteiger partial charge in [-0.2, -0.15) is 0 Å². The number of aliphatic carboxylic acids is 1. The highest BCUT2D eigenvalue weighted by molar-refractivity contribution is 5.80. The van der Waals surface area contributed by atoms with Gasteiger partial charge in [-0.25, -0.2) is 4.79 Å². The molecule has 3 heteroatoms. The van der Waals surface area contributed by atoms with Crippen LogP contribution in [0.2, 0.25) is 0 Å². The Morgan fingerprint density at radius 3 is 2.21 bits per heavy atom. The molecule has 0 fully saturated rings. The maximum Gasteiger partial charge on any atom is 0.328 e. The van der Waals surface area contributed by atoms with Crippen molar-refractivity contribution < 1.29 is 9.90 Å². The molecule has 0 aliphatic rings. The molecule has 3 nitrogen and oxygen atoms in total. The van der Waals surface area contributed by atoms with Crippen LogP contribution in [0, 0.1) is 0 Å². The third-order valence-electron chi connectivity index (χ3n) is 1.68. The molecule has 0 saturated heterocycles. The molecule has 0 radical (unpaired) electrons. The van der Waals surface area contributed by atoms with Crippen molar-refractivity contribution in [2.24, 2.45) is 0 Å². The Bertz CT molecular complexity index is 238. The van der Waals surface area contributed by atoms with Crippen LogP contribution in [0.4, 0.5) is 0 Å². The Morgan fingerprint density at radius 1 is 1.14 bits per heavy atom. The van der Waals surface area contributed by atoms with Crippen LogP contribution < -0.4 is 0 Å². The van der Waals surface area contributed by atoms with Gasteiger partial charge in [0.15, 0.2) is 0 Å². The van der Waals surface area contributed by atoms with Crippen molar-refractivity contribution in [3.8, 4) is 0 Å². The summed E-state index contributed by atoms with van der Waals surface area (Å²) in [6, 6.07) is 0. The predicted molar refractivity (Wildman–Crippen MR) is 58.0 cm³/mol. The van der Waals surface area contributed by atoms with Gasteiger partial charge in [-0.3, -0.25) is 0 Å². The molecule has 0 aliphatic carbocycles. The monoisotopic (exact) mass is 195 g/mol. The quantitative estimate of drug-likeness (QED) is 0.521. The average molecular weight is 195 g/mol. The number of carboxylic acids is 1. The molecule has 1 N–H and O–H groups in total. The highest BCUT2D eigenvalue weighted by Gasteiger charge is 1.86. The van der Waals surface area contributed by atoms with Crippen LogP contribution in [-0.2, 0) is 4.79 Å². The van der Waals surface area contributed by atoms with Crippen LogP contribution in [-0.4, -0.2) is 29.1 Å². The zero-order valence-electron chi connectivity index (χ0n) is 8.68. The molecule has 0 aromatic carbocycles. The van der Waals surface area contributed by atoms with Crippen LogP contribution in [0.5, 0.6) is 0 Å². The Labute approximate surface area is 85.0 Å². The number of nitrogens with zero attached hydrogens (tertiary/aromatic N) is 1. The highest BCUT2D eigenvalue weighted by Crippen LogP contribution is 1.89. The number of hydrogen-bond donors (Lipinski definition) is 1. The van der Waals surface area contributed by atoms with Crippen LogP contribution in [0.25, 0.3) is 0 Å². The van der Waals surface area contributed by atoms with Crippen molar-refractivity contribution in [3.63, 3.8) is 0 Å². The maximum absolute atomic E-state index is 10.1. The molecule has 0 aromatic heterocycles. The van der Waals surface area contributed by atoms with Crippen LogP contribution in [0.15, 0.2) is 36.6 Å². The first-order valence-corrected chi connectivity index (χ1v) is 4.69. The second-order valence-corrected chi connectivity index (χ2v) is 2.64. The van der Waals surface area contributed by atoms with E-state index in [1.807, 2.05) is 12.3 Å². The van der Waals surface area contributed by atoms with Gasteiger partial charge < -0.3 is 10.0 Å². The number of allylic oxidation sites excluding steroid dienone is 4. The average Bonchev–Trinajstić information content (AvgIpc) is 2.16. The molecule has 0 bridgehead atoms. The molecule has 78 valence electrons. The predicted octanol–water partition coefficient (Wildman–Crippen LogP) is 2.04. The van der Waals surface area contributed by atoms with E-state index in [1.54, 1.807) is 12.2 Å². The van der Waals surface area contributed by atoms with Gasteiger partial charge in [0.1, 0.15) is 0 Å². The molecule has 14 heavy (non-hydrogen) atoms. The van der Waals surface area contributed by atoms with Gasteiger partial charge in [0.05, 0.1) is 0 Å². The normalized spacial score (nSPS) is 11.9. The van der Waals surface area contributed by atoms with Gasteiger partial charge in [0, 0.05) is 19.2 Å². The summed E-state index contributed by atoms with van der Waals surface area (Å²) in [7, 11) is 0. The van der Waals surface area contributed by atoms with Gasteiger partial charge in [-0.15, -0.1) is 0 Å². The SMILES string of the molecule is CCN(/C=C/C=C\C=C\C(=O)O)CC. The van der Waals surface area contributed by atoms with Gasteiger partial charge in [0.2, 0.25) is 0 Å². The van der Waals surface area contributed by atoms with Gasteiger partial charge in [-0.05, 0) is 26.1 Å². The van der Waals surface area contributed by atoms with Crippen LogP contribution >= 0.6 is 0 Å². The molecule has 0 heterocycles. The summed E-state index contributed by atoms with van der Waals surface area (Å²) in [5, 5.41) is 8.29. The molecule has 0 spiro atoms. The van der Waals surface area contributed by atoms with Crippen LogP contribution in [0.3, 0.4) is 0 Å². The lowest BCUT2D eigenvalue weighted by molar-refractivity contribution is -0.131. The number of carboxylic acid groups (broad SMARTS) is 1.